The number of rotatable bonds is 2. The number of hydrogen-bond donors (Lipinski definition) is 1. The van der Waals surface area contributed by atoms with E-state index in [4.69, 9.17) is 10.5 Å². The summed E-state index contributed by atoms with van der Waals surface area (Å²) in [5, 5.41) is 0. The summed E-state index contributed by atoms with van der Waals surface area (Å²) >= 11 is 0. The number of alkyl halides is 1. The van der Waals surface area contributed by atoms with Gasteiger partial charge in [0, 0.05) is 6.54 Å². The zero-order valence-corrected chi connectivity index (χ0v) is 8.73. The second-order valence-electron chi connectivity index (χ2n) is 3.58. The van der Waals surface area contributed by atoms with Crippen LogP contribution < -0.4 is 10.6 Å². The van der Waals surface area contributed by atoms with Crippen LogP contribution in [0.3, 0.4) is 0 Å². The number of morpholine rings is 1. The first-order valence-electron chi connectivity index (χ1n) is 5.07. The molecular formula is C11H13FN2O2. The number of primary amides is 1. The van der Waals surface area contributed by atoms with Crippen molar-refractivity contribution in [2.75, 3.05) is 24.7 Å². The molecule has 0 aromatic heterocycles. The monoisotopic (exact) mass is 224 g/mol. The molecule has 0 aliphatic carbocycles. The lowest BCUT2D eigenvalue weighted by Gasteiger charge is -2.33. The molecule has 1 aromatic carbocycles. The second-order valence-corrected chi connectivity index (χ2v) is 3.58. The third-order valence-electron chi connectivity index (χ3n) is 2.55. The summed E-state index contributed by atoms with van der Waals surface area (Å²) < 4.78 is 18.6. The molecule has 0 saturated carbocycles. The molecule has 1 atom stereocenters. The minimum Gasteiger partial charge on any atom is -0.375 e. The molecular weight excluding hydrogens is 211 g/mol. The van der Waals surface area contributed by atoms with Crippen LogP contribution in [0.5, 0.6) is 0 Å². The van der Waals surface area contributed by atoms with Gasteiger partial charge in [0.1, 0.15) is 0 Å². The van der Waals surface area contributed by atoms with Crippen molar-refractivity contribution in [1.82, 2.24) is 0 Å². The molecule has 2 N–H and O–H groups in total. The lowest BCUT2D eigenvalue weighted by molar-refractivity contribution is 0.0495. The Labute approximate surface area is 92.8 Å². The van der Waals surface area contributed by atoms with Crippen molar-refractivity contribution >= 4 is 11.6 Å². The first-order valence-corrected chi connectivity index (χ1v) is 5.07. The van der Waals surface area contributed by atoms with Gasteiger partial charge in [-0.3, -0.25) is 4.79 Å². The Balaban J connectivity index is 2.34. The lowest BCUT2D eigenvalue weighted by atomic mass is 10.1. The van der Waals surface area contributed by atoms with Crippen molar-refractivity contribution in [3.63, 3.8) is 0 Å². The summed E-state index contributed by atoms with van der Waals surface area (Å²) in [5.41, 5.74) is 6.12. The molecule has 5 heteroatoms. The van der Waals surface area contributed by atoms with E-state index in [2.05, 4.69) is 0 Å². The number of hydrogen-bond acceptors (Lipinski definition) is 3. The van der Waals surface area contributed by atoms with Crippen LogP contribution in [0, 0.1) is 0 Å². The second kappa shape index (κ2) is 4.49. The first kappa shape index (κ1) is 10.9. The van der Waals surface area contributed by atoms with Crippen molar-refractivity contribution in [2.24, 2.45) is 5.73 Å². The van der Waals surface area contributed by atoms with Crippen molar-refractivity contribution in [2.45, 2.75) is 6.30 Å². The molecule has 16 heavy (non-hydrogen) atoms. The van der Waals surface area contributed by atoms with Crippen LogP contribution in [-0.4, -0.2) is 32.0 Å². The quantitative estimate of drug-likeness (QED) is 0.760. The largest absolute Gasteiger partial charge is 0.375 e. The van der Waals surface area contributed by atoms with Gasteiger partial charge in [-0.1, -0.05) is 12.1 Å². The first-order chi connectivity index (χ1) is 7.70. The van der Waals surface area contributed by atoms with Crippen LogP contribution in [0.1, 0.15) is 10.4 Å². The predicted molar refractivity (Wildman–Crippen MR) is 58.0 cm³/mol. The summed E-state index contributed by atoms with van der Waals surface area (Å²) in [5.74, 6) is -0.547. The van der Waals surface area contributed by atoms with Crippen molar-refractivity contribution in [3.05, 3.63) is 29.8 Å². The van der Waals surface area contributed by atoms with Gasteiger partial charge in [-0.25, -0.2) is 4.39 Å². The molecule has 0 spiro atoms. The molecule has 1 heterocycles. The standard InChI is InChI=1S/C11H13FN2O2/c12-10-7-16-6-5-14(10)9-4-2-1-3-8(9)11(13)15/h1-4,10H,5-7H2,(H2,13,15). The number of amides is 1. The fourth-order valence-corrected chi connectivity index (χ4v) is 1.78. The van der Waals surface area contributed by atoms with Crippen molar-refractivity contribution < 1.29 is 13.9 Å². The van der Waals surface area contributed by atoms with Gasteiger partial charge < -0.3 is 15.4 Å². The van der Waals surface area contributed by atoms with Gasteiger partial charge in [0.2, 0.25) is 0 Å². The van der Waals surface area contributed by atoms with Gasteiger partial charge in [-0.2, -0.15) is 0 Å². The minimum absolute atomic E-state index is 0.0209. The number of para-hydroxylation sites is 1. The Hall–Kier alpha value is -1.62. The summed E-state index contributed by atoms with van der Waals surface area (Å²) in [6.45, 7) is 0.895. The number of carbonyl (C=O) groups is 1. The number of anilines is 1. The number of benzene rings is 1. The summed E-state index contributed by atoms with van der Waals surface area (Å²) in [4.78, 5) is 12.7. The van der Waals surface area contributed by atoms with Gasteiger partial charge in [0.25, 0.3) is 5.91 Å². The maximum absolute atomic E-state index is 13.6. The molecule has 2 rings (SSSR count). The summed E-state index contributed by atoms with van der Waals surface area (Å²) in [6, 6.07) is 6.75. The van der Waals surface area contributed by atoms with Crippen molar-refractivity contribution in [1.29, 1.82) is 0 Å². The third kappa shape index (κ3) is 1.99. The van der Waals surface area contributed by atoms with Gasteiger partial charge in [-0.15, -0.1) is 0 Å². The zero-order chi connectivity index (χ0) is 11.5. The third-order valence-corrected chi connectivity index (χ3v) is 2.55. The maximum Gasteiger partial charge on any atom is 0.250 e. The Morgan fingerprint density at radius 2 is 2.25 bits per heavy atom. The van der Waals surface area contributed by atoms with Crippen LogP contribution in [0.15, 0.2) is 24.3 Å². The summed E-state index contributed by atoms with van der Waals surface area (Å²) in [6.07, 6.45) is -1.23. The number of halogens is 1. The molecule has 1 fully saturated rings. The molecule has 1 aliphatic rings. The van der Waals surface area contributed by atoms with E-state index in [-0.39, 0.29) is 6.61 Å². The molecule has 0 bridgehead atoms. The van der Waals surface area contributed by atoms with Gasteiger partial charge in [0.05, 0.1) is 24.5 Å². The van der Waals surface area contributed by atoms with Crippen LogP contribution in [-0.2, 0) is 4.74 Å². The Bertz CT molecular complexity index is 397. The molecule has 0 radical (unpaired) electrons. The van der Waals surface area contributed by atoms with Crippen LogP contribution >= 0.6 is 0 Å². The topological polar surface area (TPSA) is 55.6 Å². The van der Waals surface area contributed by atoms with E-state index in [1.165, 1.54) is 4.90 Å². The highest BCUT2D eigenvalue weighted by Crippen LogP contribution is 2.24. The van der Waals surface area contributed by atoms with E-state index in [0.717, 1.165) is 0 Å². The van der Waals surface area contributed by atoms with E-state index in [1.54, 1.807) is 24.3 Å². The van der Waals surface area contributed by atoms with E-state index in [0.29, 0.717) is 24.4 Å². The number of nitrogens with zero attached hydrogens (tertiary/aromatic N) is 1. The summed E-state index contributed by atoms with van der Waals surface area (Å²) in [7, 11) is 0. The normalized spacial score (nSPS) is 20.8. The molecule has 4 nitrogen and oxygen atoms in total. The smallest absolute Gasteiger partial charge is 0.250 e. The molecule has 1 saturated heterocycles. The molecule has 86 valence electrons. The number of ether oxygens (including phenoxy) is 1. The number of nitrogens with two attached hydrogens (primary N) is 1. The lowest BCUT2D eigenvalue weighted by Crippen LogP contribution is -2.43. The number of carbonyl (C=O) groups excluding carboxylic acids is 1. The van der Waals surface area contributed by atoms with E-state index in [1.807, 2.05) is 0 Å². The van der Waals surface area contributed by atoms with E-state index in [9.17, 15) is 9.18 Å². The van der Waals surface area contributed by atoms with E-state index < -0.39 is 12.2 Å². The SMILES string of the molecule is NC(=O)c1ccccc1N1CCOCC1F. The van der Waals surface area contributed by atoms with Gasteiger partial charge in [-0.05, 0) is 12.1 Å². The van der Waals surface area contributed by atoms with Crippen LogP contribution in [0.4, 0.5) is 10.1 Å². The Kier molecular flexibility index (Phi) is 3.05. The molecule has 1 amide bonds. The van der Waals surface area contributed by atoms with Crippen LogP contribution in [0.25, 0.3) is 0 Å². The maximum atomic E-state index is 13.6. The Morgan fingerprint density at radius 3 is 2.94 bits per heavy atom. The fourth-order valence-electron chi connectivity index (χ4n) is 1.78. The van der Waals surface area contributed by atoms with Crippen molar-refractivity contribution in [3.8, 4) is 0 Å². The molecule has 1 aromatic rings. The zero-order valence-electron chi connectivity index (χ0n) is 8.73. The highest BCUT2D eigenvalue weighted by Gasteiger charge is 2.25. The molecule has 1 unspecified atom stereocenters. The van der Waals surface area contributed by atoms with E-state index >= 15 is 0 Å². The Morgan fingerprint density at radius 1 is 1.50 bits per heavy atom. The highest BCUT2D eigenvalue weighted by molar-refractivity contribution is 5.98. The average Bonchev–Trinajstić information content (AvgIpc) is 2.29. The minimum atomic E-state index is -1.23. The fraction of sp³-hybridized carbons (Fsp3) is 0.364. The average molecular weight is 224 g/mol. The van der Waals surface area contributed by atoms with Crippen LogP contribution in [0.2, 0.25) is 0 Å². The predicted octanol–water partition coefficient (Wildman–Crippen LogP) is 0.918. The highest BCUT2D eigenvalue weighted by atomic mass is 19.1. The van der Waals surface area contributed by atoms with Gasteiger partial charge >= 0.3 is 0 Å². The van der Waals surface area contributed by atoms with Gasteiger partial charge in [0.15, 0.2) is 6.30 Å². The molecule has 1 aliphatic heterocycles.